The lowest BCUT2D eigenvalue weighted by Crippen LogP contribution is -2.42. The number of rotatable bonds is 9. The van der Waals surface area contributed by atoms with Gasteiger partial charge in [-0.05, 0) is 26.3 Å². The van der Waals surface area contributed by atoms with Crippen LogP contribution in [0.5, 0.6) is 0 Å². The molecule has 0 aromatic carbocycles. The maximum absolute atomic E-state index is 11.5. The van der Waals surface area contributed by atoms with Gasteiger partial charge in [0.1, 0.15) is 6.04 Å². The molecule has 0 spiro atoms. The average Bonchev–Trinajstić information content (AvgIpc) is 2.31. The van der Waals surface area contributed by atoms with Crippen molar-refractivity contribution < 1.29 is 14.3 Å². The fraction of sp³-hybridized carbons (Fsp3) is 0.833. The summed E-state index contributed by atoms with van der Waals surface area (Å²) >= 11 is 0. The quantitative estimate of drug-likeness (QED) is 0.497. The van der Waals surface area contributed by atoms with E-state index in [0.29, 0.717) is 19.3 Å². The molecule has 0 fully saturated rings. The number of carbonyl (C=O) groups is 2. The standard InChI is InChI=1S/C12H25N3O3/c1-8(2)15-10(12(17)18-4)7-5-6-9(14-3)11(13)16/h8-10,14-15H,5-7H2,1-4H3,(H2,13,16). The lowest BCUT2D eigenvalue weighted by atomic mass is 10.0. The van der Waals surface area contributed by atoms with Crippen LogP contribution in [-0.2, 0) is 14.3 Å². The first-order valence-electron chi connectivity index (χ1n) is 6.22. The maximum Gasteiger partial charge on any atom is 0.322 e. The van der Waals surface area contributed by atoms with Gasteiger partial charge in [0, 0.05) is 6.04 Å². The molecule has 106 valence electrons. The summed E-state index contributed by atoms with van der Waals surface area (Å²) in [5, 5.41) is 5.99. The molecule has 2 atom stereocenters. The largest absolute Gasteiger partial charge is 0.468 e. The van der Waals surface area contributed by atoms with Crippen molar-refractivity contribution in [3.63, 3.8) is 0 Å². The summed E-state index contributed by atoms with van der Waals surface area (Å²) in [6.45, 7) is 3.94. The minimum absolute atomic E-state index is 0.199. The van der Waals surface area contributed by atoms with Crippen molar-refractivity contribution in [2.45, 2.75) is 51.2 Å². The van der Waals surface area contributed by atoms with Crippen LogP contribution in [0.15, 0.2) is 0 Å². The Bertz CT molecular complexity index is 269. The highest BCUT2D eigenvalue weighted by Gasteiger charge is 2.20. The van der Waals surface area contributed by atoms with E-state index < -0.39 is 0 Å². The van der Waals surface area contributed by atoms with Crippen LogP contribution in [0, 0.1) is 0 Å². The number of likely N-dealkylation sites (N-methyl/N-ethyl adjacent to an activating group) is 1. The Labute approximate surface area is 109 Å². The van der Waals surface area contributed by atoms with Gasteiger partial charge in [0.15, 0.2) is 0 Å². The van der Waals surface area contributed by atoms with Gasteiger partial charge in [-0.2, -0.15) is 0 Å². The van der Waals surface area contributed by atoms with E-state index in [4.69, 9.17) is 10.5 Å². The average molecular weight is 259 g/mol. The number of nitrogens with two attached hydrogens (primary N) is 1. The number of methoxy groups -OCH3 is 1. The van der Waals surface area contributed by atoms with Crippen molar-refractivity contribution in [1.29, 1.82) is 0 Å². The summed E-state index contributed by atoms with van der Waals surface area (Å²) < 4.78 is 4.74. The number of esters is 1. The van der Waals surface area contributed by atoms with Gasteiger partial charge in [0.05, 0.1) is 13.2 Å². The molecule has 0 aliphatic rings. The Morgan fingerprint density at radius 2 is 1.78 bits per heavy atom. The zero-order chi connectivity index (χ0) is 14.1. The van der Waals surface area contributed by atoms with Gasteiger partial charge in [-0.15, -0.1) is 0 Å². The highest BCUT2D eigenvalue weighted by molar-refractivity contribution is 5.79. The second-order valence-electron chi connectivity index (χ2n) is 4.57. The topological polar surface area (TPSA) is 93.4 Å². The molecule has 0 saturated heterocycles. The third-order valence-electron chi connectivity index (χ3n) is 2.70. The van der Waals surface area contributed by atoms with Gasteiger partial charge in [-0.25, -0.2) is 0 Å². The van der Waals surface area contributed by atoms with Gasteiger partial charge in [-0.1, -0.05) is 13.8 Å². The van der Waals surface area contributed by atoms with Crippen LogP contribution < -0.4 is 16.4 Å². The maximum atomic E-state index is 11.5. The van der Waals surface area contributed by atoms with Crippen molar-refractivity contribution in [1.82, 2.24) is 10.6 Å². The van der Waals surface area contributed by atoms with Crippen LogP contribution in [0.25, 0.3) is 0 Å². The van der Waals surface area contributed by atoms with E-state index >= 15 is 0 Å². The number of amides is 1. The van der Waals surface area contributed by atoms with E-state index in [0.717, 1.165) is 0 Å². The molecule has 0 heterocycles. The van der Waals surface area contributed by atoms with Crippen LogP contribution in [-0.4, -0.2) is 44.2 Å². The molecule has 0 aliphatic carbocycles. The first kappa shape index (κ1) is 16.9. The zero-order valence-electron chi connectivity index (χ0n) is 11.7. The van der Waals surface area contributed by atoms with Crippen molar-refractivity contribution in [3.05, 3.63) is 0 Å². The highest BCUT2D eigenvalue weighted by Crippen LogP contribution is 2.06. The third kappa shape index (κ3) is 6.56. The summed E-state index contributed by atoms with van der Waals surface area (Å²) in [7, 11) is 3.07. The zero-order valence-corrected chi connectivity index (χ0v) is 11.7. The lowest BCUT2D eigenvalue weighted by molar-refractivity contribution is -0.143. The van der Waals surface area contributed by atoms with Crippen LogP contribution in [0.4, 0.5) is 0 Å². The molecule has 6 heteroatoms. The third-order valence-corrected chi connectivity index (χ3v) is 2.70. The molecule has 0 rings (SSSR count). The summed E-state index contributed by atoms with van der Waals surface area (Å²) in [4.78, 5) is 22.6. The summed E-state index contributed by atoms with van der Waals surface area (Å²) in [6, 6.07) is -0.479. The normalized spacial score (nSPS) is 14.3. The Kier molecular flexibility index (Phi) is 8.32. The van der Waals surface area contributed by atoms with E-state index in [1.165, 1.54) is 7.11 Å². The van der Waals surface area contributed by atoms with Crippen LogP contribution in [0.2, 0.25) is 0 Å². The Hall–Kier alpha value is -1.14. The fourth-order valence-electron chi connectivity index (χ4n) is 1.77. The minimum Gasteiger partial charge on any atom is -0.468 e. The molecule has 0 aliphatic heterocycles. The Balaban J connectivity index is 4.18. The Morgan fingerprint density at radius 1 is 1.22 bits per heavy atom. The summed E-state index contributed by atoms with van der Waals surface area (Å²) in [6.07, 6.45) is 1.95. The summed E-state index contributed by atoms with van der Waals surface area (Å²) in [5.74, 6) is -0.646. The summed E-state index contributed by atoms with van der Waals surface area (Å²) in [5.41, 5.74) is 5.22. The fourth-order valence-corrected chi connectivity index (χ4v) is 1.77. The van der Waals surface area contributed by atoms with Gasteiger partial charge < -0.3 is 21.1 Å². The second-order valence-corrected chi connectivity index (χ2v) is 4.57. The van der Waals surface area contributed by atoms with E-state index in [9.17, 15) is 9.59 Å². The molecule has 4 N–H and O–H groups in total. The predicted molar refractivity (Wildman–Crippen MR) is 70.0 cm³/mol. The van der Waals surface area contributed by atoms with Crippen molar-refractivity contribution in [2.75, 3.05) is 14.2 Å². The molecular formula is C12H25N3O3. The molecule has 0 bridgehead atoms. The predicted octanol–water partition coefficient (Wildman–Crippen LogP) is -0.230. The van der Waals surface area contributed by atoms with Crippen molar-refractivity contribution >= 4 is 11.9 Å². The Morgan fingerprint density at radius 3 is 2.17 bits per heavy atom. The molecule has 0 aromatic heterocycles. The molecule has 1 amide bonds. The number of hydrogen-bond acceptors (Lipinski definition) is 5. The molecule has 2 unspecified atom stereocenters. The van der Waals surface area contributed by atoms with Gasteiger partial charge in [0.2, 0.25) is 5.91 Å². The lowest BCUT2D eigenvalue weighted by Gasteiger charge is -2.20. The minimum atomic E-state index is -0.371. The van der Waals surface area contributed by atoms with Crippen molar-refractivity contribution in [3.8, 4) is 0 Å². The number of carbonyl (C=O) groups excluding carboxylic acids is 2. The number of nitrogens with one attached hydrogen (secondary N) is 2. The number of ether oxygens (including phenoxy) is 1. The molecule has 0 aromatic rings. The van der Waals surface area contributed by atoms with Crippen LogP contribution in [0.1, 0.15) is 33.1 Å². The number of primary amides is 1. The van der Waals surface area contributed by atoms with Gasteiger partial charge >= 0.3 is 5.97 Å². The van der Waals surface area contributed by atoms with E-state index in [2.05, 4.69) is 10.6 Å². The van der Waals surface area contributed by atoms with E-state index in [1.807, 2.05) is 13.8 Å². The van der Waals surface area contributed by atoms with Crippen LogP contribution in [0.3, 0.4) is 0 Å². The SMILES string of the molecule is CNC(CCCC(NC(C)C)C(=O)OC)C(N)=O. The molecule has 18 heavy (non-hydrogen) atoms. The second kappa shape index (κ2) is 8.88. The highest BCUT2D eigenvalue weighted by atomic mass is 16.5. The molecular weight excluding hydrogens is 234 g/mol. The first-order chi connectivity index (χ1) is 8.42. The molecule has 0 radical (unpaired) electrons. The van der Waals surface area contributed by atoms with E-state index in [-0.39, 0.29) is 30.0 Å². The number of hydrogen-bond donors (Lipinski definition) is 3. The van der Waals surface area contributed by atoms with Crippen molar-refractivity contribution in [2.24, 2.45) is 5.73 Å². The molecule has 0 saturated carbocycles. The first-order valence-corrected chi connectivity index (χ1v) is 6.22. The molecule has 6 nitrogen and oxygen atoms in total. The smallest absolute Gasteiger partial charge is 0.322 e. The van der Waals surface area contributed by atoms with E-state index in [1.54, 1.807) is 7.05 Å². The van der Waals surface area contributed by atoms with Crippen LogP contribution >= 0.6 is 0 Å². The monoisotopic (exact) mass is 259 g/mol. The van der Waals surface area contributed by atoms with Gasteiger partial charge in [0.25, 0.3) is 0 Å². The van der Waals surface area contributed by atoms with Gasteiger partial charge in [-0.3, -0.25) is 9.59 Å².